The highest BCUT2D eigenvalue weighted by Gasteiger charge is 2.67. The van der Waals surface area contributed by atoms with Crippen LogP contribution in [0.3, 0.4) is 0 Å². The van der Waals surface area contributed by atoms with Crippen LogP contribution in [0.1, 0.15) is 18.5 Å². The summed E-state index contributed by atoms with van der Waals surface area (Å²) in [5.41, 5.74) is 0.205. The highest BCUT2D eigenvalue weighted by Crippen LogP contribution is 2.53. The maximum atomic E-state index is 12.8. The van der Waals surface area contributed by atoms with Gasteiger partial charge in [0.1, 0.15) is 11.5 Å². The standard InChI is InChI=1S/C16H16N2O4/c1-9(10-3-6-17-7-4-10)18-8-16-5-2-11(22-16)12(15(20)21)13(16)14(18)19/h2-7,9,11-13H,8H2,1H3,(H,20,21)/t9-,11-,12+,13+,16-/m0/s1. The van der Waals surface area contributed by atoms with E-state index in [1.807, 2.05) is 25.1 Å². The Labute approximate surface area is 127 Å². The van der Waals surface area contributed by atoms with Crippen LogP contribution < -0.4 is 0 Å². The van der Waals surface area contributed by atoms with Crippen LogP contribution in [-0.4, -0.2) is 45.1 Å². The summed E-state index contributed by atoms with van der Waals surface area (Å²) in [5.74, 6) is -2.51. The highest BCUT2D eigenvalue weighted by atomic mass is 16.5. The van der Waals surface area contributed by atoms with Crippen LogP contribution in [0.5, 0.6) is 0 Å². The molecule has 22 heavy (non-hydrogen) atoms. The average Bonchev–Trinajstić information content (AvgIpc) is 3.15. The minimum Gasteiger partial charge on any atom is -0.481 e. The van der Waals surface area contributed by atoms with E-state index >= 15 is 0 Å². The van der Waals surface area contributed by atoms with E-state index in [1.165, 1.54) is 0 Å². The largest absolute Gasteiger partial charge is 0.481 e. The number of fused-ring (bicyclic) bond motifs is 1. The molecule has 1 aromatic rings. The van der Waals surface area contributed by atoms with E-state index in [2.05, 4.69) is 4.98 Å². The zero-order chi connectivity index (χ0) is 15.5. The molecule has 0 saturated carbocycles. The zero-order valence-corrected chi connectivity index (χ0v) is 12.0. The number of aromatic nitrogens is 1. The van der Waals surface area contributed by atoms with E-state index in [4.69, 9.17) is 4.74 Å². The molecule has 0 aliphatic carbocycles. The molecule has 3 aliphatic rings. The highest BCUT2D eigenvalue weighted by molar-refractivity contribution is 5.91. The second kappa shape index (κ2) is 4.39. The Kier molecular flexibility index (Phi) is 2.69. The van der Waals surface area contributed by atoms with Crippen LogP contribution in [0.15, 0.2) is 36.7 Å². The Hall–Kier alpha value is -2.21. The summed E-state index contributed by atoms with van der Waals surface area (Å²) in [5, 5.41) is 9.45. The van der Waals surface area contributed by atoms with Gasteiger partial charge >= 0.3 is 5.97 Å². The molecule has 2 saturated heterocycles. The third-order valence-corrected chi connectivity index (χ3v) is 5.07. The molecule has 6 heteroatoms. The summed E-state index contributed by atoms with van der Waals surface area (Å²) >= 11 is 0. The fraction of sp³-hybridized carbons (Fsp3) is 0.438. The molecule has 4 rings (SSSR count). The number of carbonyl (C=O) groups excluding carboxylic acids is 1. The van der Waals surface area contributed by atoms with Gasteiger partial charge in [-0.25, -0.2) is 0 Å². The van der Waals surface area contributed by atoms with E-state index in [0.717, 1.165) is 5.56 Å². The van der Waals surface area contributed by atoms with Gasteiger partial charge in [0.2, 0.25) is 5.91 Å². The number of rotatable bonds is 3. The number of carbonyl (C=O) groups is 2. The van der Waals surface area contributed by atoms with Crippen molar-refractivity contribution in [3.05, 3.63) is 42.2 Å². The summed E-state index contributed by atoms with van der Waals surface area (Å²) < 4.78 is 5.88. The van der Waals surface area contributed by atoms with Crippen LogP contribution in [0.4, 0.5) is 0 Å². The molecule has 0 aromatic carbocycles. The molecular formula is C16H16N2O4. The van der Waals surface area contributed by atoms with Gasteiger partial charge in [-0.05, 0) is 24.6 Å². The van der Waals surface area contributed by atoms with Crippen molar-refractivity contribution in [3.8, 4) is 0 Å². The Balaban J connectivity index is 1.68. The van der Waals surface area contributed by atoms with E-state index in [-0.39, 0.29) is 11.9 Å². The van der Waals surface area contributed by atoms with Crippen LogP contribution in [0.25, 0.3) is 0 Å². The van der Waals surface area contributed by atoms with Crippen molar-refractivity contribution < 1.29 is 19.4 Å². The summed E-state index contributed by atoms with van der Waals surface area (Å²) in [6, 6.07) is 3.60. The lowest BCUT2D eigenvalue weighted by Crippen LogP contribution is -2.39. The second-order valence-electron chi connectivity index (χ2n) is 6.16. The van der Waals surface area contributed by atoms with Crippen LogP contribution >= 0.6 is 0 Å². The molecule has 2 fully saturated rings. The third-order valence-electron chi connectivity index (χ3n) is 5.07. The molecule has 3 aliphatic heterocycles. The van der Waals surface area contributed by atoms with Gasteiger partial charge in [0.05, 0.1) is 24.6 Å². The van der Waals surface area contributed by atoms with Gasteiger partial charge in [0.25, 0.3) is 0 Å². The number of pyridine rings is 1. The van der Waals surface area contributed by atoms with E-state index in [9.17, 15) is 14.7 Å². The van der Waals surface area contributed by atoms with E-state index in [0.29, 0.717) is 6.54 Å². The van der Waals surface area contributed by atoms with Gasteiger partial charge in [-0.1, -0.05) is 12.2 Å². The fourth-order valence-corrected chi connectivity index (χ4v) is 3.96. The van der Waals surface area contributed by atoms with Crippen molar-refractivity contribution >= 4 is 11.9 Å². The van der Waals surface area contributed by atoms with Crippen molar-refractivity contribution in [3.63, 3.8) is 0 Å². The average molecular weight is 300 g/mol. The first-order valence-electron chi connectivity index (χ1n) is 7.34. The van der Waals surface area contributed by atoms with Gasteiger partial charge < -0.3 is 14.7 Å². The van der Waals surface area contributed by atoms with Gasteiger partial charge in [-0.2, -0.15) is 0 Å². The molecule has 1 aromatic heterocycles. The van der Waals surface area contributed by atoms with Crippen molar-refractivity contribution in [2.75, 3.05) is 6.54 Å². The SMILES string of the molecule is C[C@@H](c1ccncc1)N1C[C@]23C=C[C@H](O2)[C@@H](C(=O)O)[C@@H]3C1=O. The lowest BCUT2D eigenvalue weighted by molar-refractivity contribution is -0.148. The maximum absolute atomic E-state index is 12.8. The summed E-state index contributed by atoms with van der Waals surface area (Å²) in [7, 11) is 0. The molecule has 4 heterocycles. The third kappa shape index (κ3) is 1.61. The minimum atomic E-state index is -0.965. The fourth-order valence-electron chi connectivity index (χ4n) is 3.96. The number of hydrogen-bond donors (Lipinski definition) is 1. The van der Waals surface area contributed by atoms with Crippen molar-refractivity contribution in [2.24, 2.45) is 11.8 Å². The van der Waals surface area contributed by atoms with Crippen molar-refractivity contribution in [1.82, 2.24) is 9.88 Å². The van der Waals surface area contributed by atoms with Gasteiger partial charge in [-0.15, -0.1) is 0 Å². The van der Waals surface area contributed by atoms with Crippen LogP contribution in [0.2, 0.25) is 0 Å². The predicted octanol–water partition coefficient (Wildman–Crippen LogP) is 1.01. The monoisotopic (exact) mass is 300 g/mol. The van der Waals surface area contributed by atoms with Crippen molar-refractivity contribution in [2.45, 2.75) is 24.7 Å². The molecule has 0 radical (unpaired) electrons. The molecule has 1 N–H and O–H groups in total. The molecule has 1 spiro atoms. The lowest BCUT2D eigenvalue weighted by Gasteiger charge is -2.27. The van der Waals surface area contributed by atoms with Gasteiger partial charge in [0.15, 0.2) is 0 Å². The summed E-state index contributed by atoms with van der Waals surface area (Å²) in [4.78, 5) is 30.1. The molecule has 0 unspecified atom stereocenters. The number of carboxylic acids is 1. The second-order valence-corrected chi connectivity index (χ2v) is 6.16. The van der Waals surface area contributed by atoms with Gasteiger partial charge in [-0.3, -0.25) is 14.6 Å². The maximum Gasteiger partial charge on any atom is 0.310 e. The normalized spacial score (nSPS) is 36.7. The molecule has 114 valence electrons. The number of aliphatic carboxylic acids is 1. The first-order chi connectivity index (χ1) is 10.5. The van der Waals surface area contributed by atoms with Crippen molar-refractivity contribution in [1.29, 1.82) is 0 Å². The topological polar surface area (TPSA) is 79.7 Å². The molecule has 5 atom stereocenters. The predicted molar refractivity (Wildman–Crippen MR) is 75.7 cm³/mol. The summed E-state index contributed by atoms with van der Waals surface area (Å²) in [6.07, 6.45) is 6.55. The smallest absolute Gasteiger partial charge is 0.310 e. The molecular weight excluding hydrogens is 284 g/mol. The van der Waals surface area contributed by atoms with Crippen LogP contribution in [-0.2, 0) is 14.3 Å². The Morgan fingerprint density at radius 2 is 2.23 bits per heavy atom. The molecule has 2 bridgehead atoms. The van der Waals surface area contributed by atoms with Crippen LogP contribution in [0, 0.1) is 11.8 Å². The number of ether oxygens (including phenoxy) is 1. The number of carboxylic acid groups (broad SMARTS) is 1. The first-order valence-corrected chi connectivity index (χ1v) is 7.34. The minimum absolute atomic E-state index is 0.136. The van der Waals surface area contributed by atoms with E-state index < -0.39 is 29.5 Å². The zero-order valence-electron chi connectivity index (χ0n) is 12.0. The number of amides is 1. The number of likely N-dealkylation sites (tertiary alicyclic amines) is 1. The Morgan fingerprint density at radius 1 is 1.50 bits per heavy atom. The Morgan fingerprint density at radius 3 is 2.91 bits per heavy atom. The van der Waals surface area contributed by atoms with E-state index in [1.54, 1.807) is 23.4 Å². The first kappa shape index (κ1) is 13.5. The Bertz CT molecular complexity index is 674. The summed E-state index contributed by atoms with van der Waals surface area (Å²) in [6.45, 7) is 2.34. The quantitative estimate of drug-likeness (QED) is 0.843. The molecule has 1 amide bonds. The number of hydrogen-bond acceptors (Lipinski definition) is 4. The number of nitrogens with zero attached hydrogens (tertiary/aromatic N) is 2. The van der Waals surface area contributed by atoms with Gasteiger partial charge in [0, 0.05) is 12.4 Å². The molecule has 6 nitrogen and oxygen atoms in total. The lowest BCUT2D eigenvalue weighted by atomic mass is 9.77.